The molecule has 1 atom stereocenters. The van der Waals surface area contributed by atoms with Crippen molar-refractivity contribution in [3.05, 3.63) is 64.2 Å². The first-order chi connectivity index (χ1) is 12.4. The maximum Gasteiger partial charge on any atom is 0.244 e. The van der Waals surface area contributed by atoms with Gasteiger partial charge in [0.15, 0.2) is 0 Å². The van der Waals surface area contributed by atoms with Crippen LogP contribution >= 0.6 is 0 Å². The van der Waals surface area contributed by atoms with Crippen molar-refractivity contribution in [3.63, 3.8) is 0 Å². The summed E-state index contributed by atoms with van der Waals surface area (Å²) >= 11 is 0. The van der Waals surface area contributed by atoms with Crippen molar-refractivity contribution in [1.82, 2.24) is 5.32 Å². The van der Waals surface area contributed by atoms with E-state index in [1.165, 1.54) is 22.8 Å². The van der Waals surface area contributed by atoms with E-state index in [0.717, 1.165) is 11.1 Å². The van der Waals surface area contributed by atoms with Gasteiger partial charge in [0.25, 0.3) is 0 Å². The standard InChI is InChI=1S/C22H27NO3/c1-14-12-16(3)19(13-15(14)2)17(4)23-22(24)11-10-18-20(25-5)8-7-9-21(18)26-6/h7-13,17H,1-6H3,(H,23,24)/b11-10+/t17-/m0/s1. The fraction of sp³-hybridized carbons (Fsp3) is 0.318. The van der Waals surface area contributed by atoms with Gasteiger partial charge in [-0.25, -0.2) is 0 Å². The molecule has 0 saturated heterocycles. The summed E-state index contributed by atoms with van der Waals surface area (Å²) in [6.45, 7) is 8.24. The fourth-order valence-corrected chi connectivity index (χ4v) is 2.99. The van der Waals surface area contributed by atoms with Crippen LogP contribution < -0.4 is 14.8 Å². The monoisotopic (exact) mass is 353 g/mol. The maximum absolute atomic E-state index is 12.4. The van der Waals surface area contributed by atoms with E-state index in [0.29, 0.717) is 11.5 Å². The van der Waals surface area contributed by atoms with E-state index >= 15 is 0 Å². The molecule has 0 aliphatic rings. The molecule has 1 amide bonds. The van der Waals surface area contributed by atoms with Crippen LogP contribution in [0.2, 0.25) is 0 Å². The Balaban J connectivity index is 2.17. The van der Waals surface area contributed by atoms with Crippen LogP contribution in [0, 0.1) is 20.8 Å². The van der Waals surface area contributed by atoms with Gasteiger partial charge in [-0.05, 0) is 68.2 Å². The molecule has 0 heterocycles. The molecule has 0 aliphatic heterocycles. The van der Waals surface area contributed by atoms with E-state index in [4.69, 9.17) is 9.47 Å². The molecule has 0 spiro atoms. The Bertz CT molecular complexity index is 802. The molecule has 4 heteroatoms. The first-order valence-electron chi connectivity index (χ1n) is 8.64. The van der Waals surface area contributed by atoms with Crippen molar-refractivity contribution >= 4 is 12.0 Å². The van der Waals surface area contributed by atoms with Crippen LogP contribution in [-0.2, 0) is 4.79 Å². The van der Waals surface area contributed by atoms with Gasteiger partial charge >= 0.3 is 0 Å². The first kappa shape index (κ1) is 19.6. The average molecular weight is 353 g/mol. The number of nitrogens with one attached hydrogen (secondary N) is 1. The highest BCUT2D eigenvalue weighted by atomic mass is 16.5. The summed E-state index contributed by atoms with van der Waals surface area (Å²) in [5, 5.41) is 3.02. The molecule has 0 bridgehead atoms. The molecule has 2 aromatic carbocycles. The Morgan fingerprint density at radius 3 is 2.15 bits per heavy atom. The normalized spacial score (nSPS) is 12.1. The van der Waals surface area contributed by atoms with Gasteiger partial charge in [0.05, 0.1) is 25.8 Å². The van der Waals surface area contributed by atoms with Gasteiger partial charge in [-0.1, -0.05) is 18.2 Å². The van der Waals surface area contributed by atoms with E-state index < -0.39 is 0 Å². The molecule has 2 aromatic rings. The lowest BCUT2D eigenvalue weighted by Gasteiger charge is -2.17. The predicted molar refractivity (Wildman–Crippen MR) is 106 cm³/mol. The first-order valence-corrected chi connectivity index (χ1v) is 8.64. The van der Waals surface area contributed by atoms with Crippen LogP contribution in [0.1, 0.15) is 40.8 Å². The number of amides is 1. The molecule has 0 fully saturated rings. The summed E-state index contributed by atoms with van der Waals surface area (Å²) < 4.78 is 10.7. The van der Waals surface area contributed by atoms with Gasteiger partial charge in [0.2, 0.25) is 5.91 Å². The molecule has 1 N–H and O–H groups in total. The quantitative estimate of drug-likeness (QED) is 0.777. The van der Waals surface area contributed by atoms with Crippen LogP contribution in [-0.4, -0.2) is 20.1 Å². The third kappa shape index (κ3) is 4.45. The van der Waals surface area contributed by atoms with Gasteiger partial charge in [0, 0.05) is 6.08 Å². The van der Waals surface area contributed by atoms with Crippen molar-refractivity contribution in [2.45, 2.75) is 33.7 Å². The number of ether oxygens (including phenoxy) is 2. The Morgan fingerprint density at radius 2 is 1.58 bits per heavy atom. The largest absolute Gasteiger partial charge is 0.496 e. The SMILES string of the molecule is COc1cccc(OC)c1/C=C/C(=O)N[C@@H](C)c1cc(C)c(C)cc1C. The Kier molecular flexibility index (Phi) is 6.45. The van der Waals surface area contributed by atoms with E-state index in [2.05, 4.69) is 38.2 Å². The topological polar surface area (TPSA) is 47.6 Å². The summed E-state index contributed by atoms with van der Waals surface area (Å²) in [7, 11) is 3.19. The number of hydrogen-bond donors (Lipinski definition) is 1. The third-order valence-electron chi connectivity index (χ3n) is 4.57. The fourth-order valence-electron chi connectivity index (χ4n) is 2.99. The smallest absolute Gasteiger partial charge is 0.244 e. The van der Waals surface area contributed by atoms with Gasteiger partial charge < -0.3 is 14.8 Å². The Labute approximate surface area is 155 Å². The zero-order chi connectivity index (χ0) is 19.3. The molecule has 0 unspecified atom stereocenters. The van der Waals surface area contributed by atoms with Crippen LogP contribution in [0.25, 0.3) is 6.08 Å². The molecule has 0 aromatic heterocycles. The lowest BCUT2D eigenvalue weighted by molar-refractivity contribution is -0.117. The minimum Gasteiger partial charge on any atom is -0.496 e. The summed E-state index contributed by atoms with van der Waals surface area (Å²) in [4.78, 5) is 12.4. The van der Waals surface area contributed by atoms with E-state index in [1.54, 1.807) is 20.3 Å². The maximum atomic E-state index is 12.4. The number of hydrogen-bond acceptors (Lipinski definition) is 3. The summed E-state index contributed by atoms with van der Waals surface area (Å²) in [6.07, 6.45) is 3.22. The minimum atomic E-state index is -0.164. The van der Waals surface area contributed by atoms with Crippen LogP contribution in [0.4, 0.5) is 0 Å². The Hall–Kier alpha value is -2.75. The molecule has 0 aliphatic carbocycles. The van der Waals surface area contributed by atoms with E-state index in [9.17, 15) is 4.79 Å². The van der Waals surface area contributed by atoms with E-state index in [-0.39, 0.29) is 11.9 Å². The second kappa shape index (κ2) is 8.56. The van der Waals surface area contributed by atoms with Gasteiger partial charge in [-0.3, -0.25) is 4.79 Å². The number of rotatable bonds is 6. The zero-order valence-corrected chi connectivity index (χ0v) is 16.3. The summed E-state index contributed by atoms with van der Waals surface area (Å²) in [5.41, 5.74) is 5.53. The second-order valence-electron chi connectivity index (χ2n) is 6.43. The third-order valence-corrected chi connectivity index (χ3v) is 4.57. The highest BCUT2D eigenvalue weighted by Gasteiger charge is 2.12. The van der Waals surface area contributed by atoms with Crippen molar-refractivity contribution in [2.24, 2.45) is 0 Å². The van der Waals surface area contributed by atoms with E-state index in [1.807, 2.05) is 25.1 Å². The van der Waals surface area contributed by atoms with Crippen LogP contribution in [0.15, 0.2) is 36.4 Å². The van der Waals surface area contributed by atoms with Crippen LogP contribution in [0.3, 0.4) is 0 Å². The number of aryl methyl sites for hydroxylation is 3. The molecule has 26 heavy (non-hydrogen) atoms. The molecule has 0 saturated carbocycles. The minimum absolute atomic E-state index is 0.0778. The summed E-state index contributed by atoms with van der Waals surface area (Å²) in [6, 6.07) is 9.74. The van der Waals surface area contributed by atoms with Crippen molar-refractivity contribution in [3.8, 4) is 11.5 Å². The lowest BCUT2D eigenvalue weighted by atomic mass is 9.96. The lowest BCUT2D eigenvalue weighted by Crippen LogP contribution is -2.25. The predicted octanol–water partition coefficient (Wildman–Crippen LogP) is 4.52. The summed E-state index contributed by atoms with van der Waals surface area (Å²) in [5.74, 6) is 1.15. The highest BCUT2D eigenvalue weighted by molar-refractivity contribution is 5.92. The molecule has 138 valence electrons. The van der Waals surface area contributed by atoms with Gasteiger partial charge in [-0.2, -0.15) is 0 Å². The van der Waals surface area contributed by atoms with Crippen molar-refractivity contribution < 1.29 is 14.3 Å². The molecular weight excluding hydrogens is 326 g/mol. The average Bonchev–Trinajstić information content (AvgIpc) is 2.62. The molecule has 4 nitrogen and oxygen atoms in total. The molecular formula is C22H27NO3. The van der Waals surface area contributed by atoms with Gasteiger partial charge in [-0.15, -0.1) is 0 Å². The molecule has 2 rings (SSSR count). The number of benzene rings is 2. The second-order valence-corrected chi connectivity index (χ2v) is 6.43. The number of carbonyl (C=O) groups is 1. The van der Waals surface area contributed by atoms with Crippen molar-refractivity contribution in [1.29, 1.82) is 0 Å². The zero-order valence-electron chi connectivity index (χ0n) is 16.3. The van der Waals surface area contributed by atoms with Gasteiger partial charge in [0.1, 0.15) is 11.5 Å². The van der Waals surface area contributed by atoms with Crippen LogP contribution in [0.5, 0.6) is 11.5 Å². The Morgan fingerprint density at radius 1 is 1.00 bits per heavy atom. The highest BCUT2D eigenvalue weighted by Crippen LogP contribution is 2.29. The van der Waals surface area contributed by atoms with Crippen molar-refractivity contribution in [2.75, 3.05) is 14.2 Å². The number of methoxy groups -OCH3 is 2. The molecule has 0 radical (unpaired) electrons. The number of carbonyl (C=O) groups excluding carboxylic acids is 1.